The van der Waals surface area contributed by atoms with Crippen LogP contribution >= 0.6 is 0 Å². The summed E-state index contributed by atoms with van der Waals surface area (Å²) in [6, 6.07) is 10.1. The Morgan fingerprint density at radius 3 is 2.56 bits per heavy atom. The van der Waals surface area contributed by atoms with Crippen molar-refractivity contribution in [1.29, 1.82) is 0 Å². The lowest BCUT2D eigenvalue weighted by atomic mass is 10.1. The Bertz CT molecular complexity index is 516. The van der Waals surface area contributed by atoms with Crippen LogP contribution in [0, 0.1) is 0 Å². The van der Waals surface area contributed by atoms with Crippen LogP contribution < -0.4 is 10.5 Å². The van der Waals surface area contributed by atoms with Crippen molar-refractivity contribution < 1.29 is 4.74 Å². The van der Waals surface area contributed by atoms with Gasteiger partial charge in [-0.15, -0.1) is 0 Å². The predicted octanol–water partition coefficient (Wildman–Crippen LogP) is 3.11. The zero-order valence-corrected chi connectivity index (χ0v) is 11.1. The van der Waals surface area contributed by atoms with Gasteiger partial charge in [0.1, 0.15) is 11.6 Å². The van der Waals surface area contributed by atoms with Crippen LogP contribution in [0.1, 0.15) is 26.3 Å². The largest absolute Gasteiger partial charge is 0.497 e. The summed E-state index contributed by atoms with van der Waals surface area (Å²) in [4.78, 5) is 0. The lowest BCUT2D eigenvalue weighted by Crippen LogP contribution is -2.08. The lowest BCUT2D eigenvalue weighted by molar-refractivity contribution is 0.415. The van der Waals surface area contributed by atoms with Gasteiger partial charge in [-0.25, -0.2) is 4.68 Å². The molecule has 0 fully saturated rings. The van der Waals surface area contributed by atoms with E-state index < -0.39 is 0 Å². The Hall–Kier alpha value is -1.97. The van der Waals surface area contributed by atoms with Crippen LogP contribution in [-0.2, 0) is 0 Å². The fraction of sp³-hybridized carbons (Fsp3) is 0.357. The molecule has 0 saturated heterocycles. The summed E-state index contributed by atoms with van der Waals surface area (Å²) in [5.74, 6) is 1.54. The van der Waals surface area contributed by atoms with E-state index in [1.54, 1.807) is 7.11 Å². The fourth-order valence-corrected chi connectivity index (χ4v) is 1.84. The maximum absolute atomic E-state index is 5.99. The molecule has 0 aliphatic rings. The van der Waals surface area contributed by atoms with Gasteiger partial charge >= 0.3 is 0 Å². The summed E-state index contributed by atoms with van der Waals surface area (Å²) >= 11 is 0. The summed E-state index contributed by atoms with van der Waals surface area (Å²) in [5, 5.41) is 4.56. The standard InChI is InChI=1S/C14H19N3O/c1-4-10(2)17-14(15)9-13(16-17)11-5-7-12(18-3)8-6-11/h5-10H,4,15H2,1-3H3. The minimum atomic E-state index is 0.317. The molecule has 0 bridgehead atoms. The smallest absolute Gasteiger partial charge is 0.122 e. The molecule has 1 unspecified atom stereocenters. The number of rotatable bonds is 4. The molecule has 0 spiro atoms. The molecule has 0 aliphatic heterocycles. The van der Waals surface area contributed by atoms with E-state index in [1.165, 1.54) is 0 Å². The van der Waals surface area contributed by atoms with Crippen molar-refractivity contribution in [2.75, 3.05) is 12.8 Å². The average Bonchev–Trinajstić information content (AvgIpc) is 2.80. The summed E-state index contributed by atoms with van der Waals surface area (Å²) in [5.41, 5.74) is 7.93. The molecule has 4 nitrogen and oxygen atoms in total. The molecule has 2 N–H and O–H groups in total. The van der Waals surface area contributed by atoms with Gasteiger partial charge in [-0.2, -0.15) is 5.10 Å². The van der Waals surface area contributed by atoms with Gasteiger partial charge in [-0.3, -0.25) is 0 Å². The van der Waals surface area contributed by atoms with Crippen molar-refractivity contribution >= 4 is 5.82 Å². The Kier molecular flexibility index (Phi) is 3.55. The van der Waals surface area contributed by atoms with Crippen molar-refractivity contribution in [3.05, 3.63) is 30.3 Å². The van der Waals surface area contributed by atoms with E-state index in [1.807, 2.05) is 35.0 Å². The highest BCUT2D eigenvalue weighted by Gasteiger charge is 2.11. The highest BCUT2D eigenvalue weighted by molar-refractivity contribution is 5.63. The molecule has 0 radical (unpaired) electrons. The Balaban J connectivity index is 2.33. The Morgan fingerprint density at radius 1 is 1.33 bits per heavy atom. The maximum Gasteiger partial charge on any atom is 0.122 e. The van der Waals surface area contributed by atoms with Crippen molar-refractivity contribution in [1.82, 2.24) is 9.78 Å². The van der Waals surface area contributed by atoms with Crippen LogP contribution in [-0.4, -0.2) is 16.9 Å². The number of nitrogens with zero attached hydrogens (tertiary/aromatic N) is 2. The van der Waals surface area contributed by atoms with Gasteiger partial charge in [0.15, 0.2) is 0 Å². The second kappa shape index (κ2) is 5.12. The van der Waals surface area contributed by atoms with Crippen LogP contribution in [0.15, 0.2) is 30.3 Å². The first-order chi connectivity index (χ1) is 8.65. The molecule has 1 aromatic carbocycles. The second-order valence-corrected chi connectivity index (χ2v) is 4.38. The summed E-state index contributed by atoms with van der Waals surface area (Å²) in [6.07, 6.45) is 1.01. The highest BCUT2D eigenvalue weighted by Crippen LogP contribution is 2.25. The van der Waals surface area contributed by atoms with Crippen LogP contribution in [0.4, 0.5) is 5.82 Å². The average molecular weight is 245 g/mol. The van der Waals surface area contributed by atoms with Gasteiger partial charge in [-0.1, -0.05) is 6.92 Å². The summed E-state index contributed by atoms with van der Waals surface area (Å²) in [7, 11) is 1.66. The maximum atomic E-state index is 5.99. The van der Waals surface area contributed by atoms with Crippen LogP contribution in [0.5, 0.6) is 5.75 Å². The number of aromatic nitrogens is 2. The SMILES string of the molecule is CCC(C)n1nc(-c2ccc(OC)cc2)cc1N. The first kappa shape index (κ1) is 12.5. The molecule has 0 amide bonds. The second-order valence-electron chi connectivity index (χ2n) is 4.38. The first-order valence-electron chi connectivity index (χ1n) is 6.15. The molecular formula is C14H19N3O. The van der Waals surface area contributed by atoms with Gasteiger partial charge in [0, 0.05) is 11.6 Å². The third-order valence-electron chi connectivity index (χ3n) is 3.16. The number of nitrogens with two attached hydrogens (primary N) is 1. The molecule has 0 saturated carbocycles. The molecule has 0 aliphatic carbocycles. The van der Waals surface area contributed by atoms with Crippen molar-refractivity contribution in [2.24, 2.45) is 0 Å². The van der Waals surface area contributed by atoms with Crippen molar-refractivity contribution in [2.45, 2.75) is 26.3 Å². The number of hydrogen-bond donors (Lipinski definition) is 1. The van der Waals surface area contributed by atoms with Gasteiger partial charge in [0.05, 0.1) is 18.8 Å². The molecule has 4 heteroatoms. The third kappa shape index (κ3) is 2.32. The van der Waals surface area contributed by atoms with Gasteiger partial charge < -0.3 is 10.5 Å². The van der Waals surface area contributed by atoms with Crippen molar-refractivity contribution in [3.8, 4) is 17.0 Å². The summed E-state index contributed by atoms with van der Waals surface area (Å²) in [6.45, 7) is 4.24. The number of nitrogen functional groups attached to an aromatic ring is 1. The number of ether oxygens (including phenoxy) is 1. The van der Waals surface area contributed by atoms with E-state index >= 15 is 0 Å². The number of hydrogen-bond acceptors (Lipinski definition) is 3. The quantitative estimate of drug-likeness (QED) is 0.900. The lowest BCUT2D eigenvalue weighted by Gasteiger charge is -2.10. The number of methoxy groups -OCH3 is 1. The molecule has 2 aromatic rings. The van der Waals surface area contributed by atoms with E-state index in [2.05, 4.69) is 18.9 Å². The molecule has 1 aromatic heterocycles. The molecule has 1 atom stereocenters. The van der Waals surface area contributed by atoms with E-state index in [4.69, 9.17) is 10.5 Å². The zero-order valence-electron chi connectivity index (χ0n) is 11.1. The molecule has 96 valence electrons. The first-order valence-corrected chi connectivity index (χ1v) is 6.15. The third-order valence-corrected chi connectivity index (χ3v) is 3.16. The molecular weight excluding hydrogens is 226 g/mol. The molecule has 2 rings (SSSR count). The summed E-state index contributed by atoms with van der Waals surface area (Å²) < 4.78 is 7.01. The van der Waals surface area contributed by atoms with Gasteiger partial charge in [0.2, 0.25) is 0 Å². The highest BCUT2D eigenvalue weighted by atomic mass is 16.5. The normalized spacial score (nSPS) is 12.4. The number of anilines is 1. The van der Waals surface area contributed by atoms with Crippen LogP contribution in [0.25, 0.3) is 11.3 Å². The fourth-order valence-electron chi connectivity index (χ4n) is 1.84. The van der Waals surface area contributed by atoms with Gasteiger partial charge in [-0.05, 0) is 37.6 Å². The zero-order chi connectivity index (χ0) is 13.1. The van der Waals surface area contributed by atoms with E-state index in [9.17, 15) is 0 Å². The molecule has 1 heterocycles. The molecule has 18 heavy (non-hydrogen) atoms. The minimum Gasteiger partial charge on any atom is -0.497 e. The van der Waals surface area contributed by atoms with Crippen LogP contribution in [0.2, 0.25) is 0 Å². The number of benzene rings is 1. The van der Waals surface area contributed by atoms with Crippen molar-refractivity contribution in [3.63, 3.8) is 0 Å². The monoisotopic (exact) mass is 245 g/mol. The predicted molar refractivity (Wildman–Crippen MR) is 73.6 cm³/mol. The van der Waals surface area contributed by atoms with Crippen LogP contribution in [0.3, 0.4) is 0 Å². The Morgan fingerprint density at radius 2 is 2.00 bits per heavy atom. The van der Waals surface area contributed by atoms with E-state index in [0.717, 1.165) is 23.4 Å². The van der Waals surface area contributed by atoms with E-state index in [-0.39, 0.29) is 0 Å². The van der Waals surface area contributed by atoms with Gasteiger partial charge in [0.25, 0.3) is 0 Å². The van der Waals surface area contributed by atoms with E-state index in [0.29, 0.717) is 11.9 Å². The minimum absolute atomic E-state index is 0.317. The topological polar surface area (TPSA) is 53.1 Å². The Labute approximate surface area is 107 Å².